The molecule has 2 aromatic heterocycles. The molecule has 0 saturated carbocycles. The van der Waals surface area contributed by atoms with Crippen LogP contribution >= 0.6 is 0 Å². The van der Waals surface area contributed by atoms with Crippen LogP contribution in [0.5, 0.6) is 0 Å². The zero-order valence-corrected chi connectivity index (χ0v) is 34.3. The van der Waals surface area contributed by atoms with Crippen molar-refractivity contribution in [2.24, 2.45) is 5.92 Å². The average Bonchev–Trinajstić information content (AvgIpc) is 3.84. The van der Waals surface area contributed by atoms with Crippen molar-refractivity contribution in [3.63, 3.8) is 0 Å². The zero-order chi connectivity index (χ0) is 40.8. The summed E-state index contributed by atoms with van der Waals surface area (Å²) in [6, 6.07) is 59.7. The monoisotopic (exact) mass is 786 g/mol. The van der Waals surface area contributed by atoms with E-state index >= 15 is 0 Å². The van der Waals surface area contributed by atoms with Gasteiger partial charge in [0.25, 0.3) is 0 Å². The second kappa shape index (κ2) is 13.8. The first-order valence-corrected chi connectivity index (χ1v) is 21.2. The lowest BCUT2D eigenvalue weighted by molar-refractivity contribution is 0.610. The number of hydrogen-bond donors (Lipinski definition) is 0. The fraction of sp³-hybridized carbons (Fsp3) is 0.0877. The van der Waals surface area contributed by atoms with Crippen LogP contribution in [-0.2, 0) is 0 Å². The molecule has 0 N–H and O–H groups in total. The predicted octanol–water partition coefficient (Wildman–Crippen LogP) is 16.3. The lowest BCUT2D eigenvalue weighted by atomic mass is 9.90. The van der Waals surface area contributed by atoms with Gasteiger partial charge in [-0.3, -0.25) is 0 Å². The van der Waals surface area contributed by atoms with Crippen LogP contribution in [0.15, 0.2) is 197 Å². The first-order chi connectivity index (χ1) is 30.0. The molecule has 2 heterocycles. The maximum Gasteiger partial charge on any atom is 0.135 e. The Labute approximate surface area is 353 Å². The van der Waals surface area contributed by atoms with E-state index in [2.05, 4.69) is 219 Å². The summed E-state index contributed by atoms with van der Waals surface area (Å²) < 4.78 is 12.7. The molecule has 292 valence electrons. The number of furan rings is 2. The van der Waals surface area contributed by atoms with E-state index in [4.69, 9.17) is 8.83 Å². The molecule has 1 aliphatic carbocycles. The molecule has 0 bridgehead atoms. The molecule has 0 radical (unpaired) electrons. The summed E-state index contributed by atoms with van der Waals surface area (Å²) >= 11 is 0. The van der Waals surface area contributed by atoms with Crippen LogP contribution in [0.1, 0.15) is 18.1 Å². The molecule has 61 heavy (non-hydrogen) atoms. The van der Waals surface area contributed by atoms with Gasteiger partial charge in [0.2, 0.25) is 0 Å². The van der Waals surface area contributed by atoms with Gasteiger partial charge in [0, 0.05) is 49.4 Å². The van der Waals surface area contributed by atoms with Crippen LogP contribution in [0.4, 0.5) is 28.4 Å². The molecule has 4 heteroatoms. The number of anilines is 5. The fourth-order valence-corrected chi connectivity index (χ4v) is 9.85. The quantitative estimate of drug-likeness (QED) is 0.157. The lowest BCUT2D eigenvalue weighted by Crippen LogP contribution is -2.35. The minimum Gasteiger partial charge on any atom is -0.456 e. The Morgan fingerprint density at radius 2 is 0.852 bits per heavy atom. The van der Waals surface area contributed by atoms with Gasteiger partial charge in [-0.05, 0) is 126 Å². The number of para-hydroxylation sites is 1. The van der Waals surface area contributed by atoms with E-state index in [0.717, 1.165) is 66.6 Å². The molecule has 0 saturated heterocycles. The SMILES string of the molecule is Cc1ccc2oc3ccc(N(c4ccccc4)c4cc5c6ccccc6c(N(c6ccc7oc8ccc(C)cc8c7c6)C6C=CC=C[C@@H]6C)cc5c5ccccc45)cc3c2c1. The maximum atomic E-state index is 6.37. The van der Waals surface area contributed by atoms with Crippen LogP contribution < -0.4 is 9.80 Å². The van der Waals surface area contributed by atoms with Crippen LogP contribution in [0.25, 0.3) is 76.2 Å². The van der Waals surface area contributed by atoms with Gasteiger partial charge in [0.1, 0.15) is 22.3 Å². The molecule has 4 nitrogen and oxygen atoms in total. The fourth-order valence-electron chi connectivity index (χ4n) is 9.85. The standard InChI is InChI=1S/C57H42N2O2/c1-35-21-25-54-47(29-35)49-31-39(23-27-56(49)60-54)58(38-14-5-4-6-15-38)52-33-45-42-17-9-11-19-44(42)53(34-46(45)41-16-8-10-18-43(41)52)59(51-20-12-7-13-37(51)3)40-24-28-57-50(32-40)48-30-36(2)22-26-55(48)61-57/h4-34,37,51H,1-3H3/t37-,51?/m0/s1. The molecule has 12 rings (SSSR count). The third-order valence-corrected chi connectivity index (χ3v) is 12.8. The van der Waals surface area contributed by atoms with Gasteiger partial charge in [0.15, 0.2) is 0 Å². The molecule has 9 aromatic carbocycles. The van der Waals surface area contributed by atoms with Gasteiger partial charge in [0.05, 0.1) is 17.4 Å². The predicted molar refractivity (Wildman–Crippen MR) is 257 cm³/mol. The Morgan fingerprint density at radius 1 is 0.377 bits per heavy atom. The van der Waals surface area contributed by atoms with E-state index < -0.39 is 0 Å². The largest absolute Gasteiger partial charge is 0.456 e. The summed E-state index contributed by atoms with van der Waals surface area (Å²) in [6.45, 7) is 6.60. The van der Waals surface area contributed by atoms with E-state index in [-0.39, 0.29) is 12.0 Å². The molecular weight excluding hydrogens is 745 g/mol. The van der Waals surface area contributed by atoms with Gasteiger partial charge in [-0.25, -0.2) is 0 Å². The van der Waals surface area contributed by atoms with Gasteiger partial charge in [-0.2, -0.15) is 0 Å². The minimum absolute atomic E-state index is 0.0834. The Balaban J connectivity index is 1.13. The summed E-state index contributed by atoms with van der Waals surface area (Å²) in [5, 5.41) is 11.7. The third kappa shape index (κ3) is 5.67. The summed E-state index contributed by atoms with van der Waals surface area (Å²) in [6.07, 6.45) is 9.04. The molecule has 0 amide bonds. The van der Waals surface area contributed by atoms with Crippen molar-refractivity contribution in [3.8, 4) is 0 Å². The number of allylic oxidation sites excluding steroid dienone is 2. The first-order valence-electron chi connectivity index (χ1n) is 21.2. The second-order valence-electron chi connectivity index (χ2n) is 16.7. The number of hydrogen-bond acceptors (Lipinski definition) is 4. The minimum atomic E-state index is 0.0834. The van der Waals surface area contributed by atoms with Gasteiger partial charge < -0.3 is 18.6 Å². The molecule has 1 aliphatic rings. The molecule has 0 fully saturated rings. The zero-order valence-electron chi connectivity index (χ0n) is 34.3. The number of benzene rings is 9. The normalized spacial score (nSPS) is 15.3. The number of aryl methyl sites for hydroxylation is 2. The molecule has 0 spiro atoms. The van der Waals surface area contributed by atoms with Gasteiger partial charge in [-0.1, -0.05) is 121 Å². The highest BCUT2D eigenvalue weighted by atomic mass is 16.3. The van der Waals surface area contributed by atoms with Crippen LogP contribution in [0, 0.1) is 19.8 Å². The molecular formula is C57H42N2O2. The van der Waals surface area contributed by atoms with Crippen LogP contribution in [0.2, 0.25) is 0 Å². The van der Waals surface area contributed by atoms with E-state index in [1.54, 1.807) is 0 Å². The van der Waals surface area contributed by atoms with Crippen molar-refractivity contribution < 1.29 is 8.83 Å². The van der Waals surface area contributed by atoms with Crippen molar-refractivity contribution in [2.75, 3.05) is 9.80 Å². The van der Waals surface area contributed by atoms with Crippen molar-refractivity contribution in [1.82, 2.24) is 0 Å². The smallest absolute Gasteiger partial charge is 0.135 e. The summed E-state index contributed by atoms with van der Waals surface area (Å²) in [5.74, 6) is 0.269. The van der Waals surface area contributed by atoms with E-state index in [1.165, 1.54) is 49.1 Å². The van der Waals surface area contributed by atoms with Crippen molar-refractivity contribution >= 4 is 105 Å². The highest BCUT2D eigenvalue weighted by Gasteiger charge is 2.28. The first kappa shape index (κ1) is 35.4. The number of fused-ring (bicyclic) bond motifs is 11. The lowest BCUT2D eigenvalue weighted by Gasteiger charge is -2.37. The highest BCUT2D eigenvalue weighted by Crippen LogP contribution is 2.48. The van der Waals surface area contributed by atoms with E-state index in [9.17, 15) is 0 Å². The van der Waals surface area contributed by atoms with Crippen molar-refractivity contribution in [2.45, 2.75) is 26.8 Å². The third-order valence-electron chi connectivity index (χ3n) is 12.8. The number of nitrogens with zero attached hydrogens (tertiary/aromatic N) is 2. The van der Waals surface area contributed by atoms with Gasteiger partial charge >= 0.3 is 0 Å². The average molecular weight is 787 g/mol. The van der Waals surface area contributed by atoms with Crippen molar-refractivity contribution in [3.05, 3.63) is 199 Å². The highest BCUT2D eigenvalue weighted by molar-refractivity contribution is 6.24. The summed E-state index contributed by atoms with van der Waals surface area (Å²) in [4.78, 5) is 4.98. The molecule has 11 aromatic rings. The topological polar surface area (TPSA) is 32.8 Å². The Bertz CT molecular complexity index is 3610. The summed E-state index contributed by atoms with van der Waals surface area (Å²) in [7, 11) is 0. The Kier molecular flexibility index (Phi) is 7.98. The molecule has 0 aliphatic heterocycles. The number of rotatable bonds is 6. The molecule has 1 unspecified atom stereocenters. The van der Waals surface area contributed by atoms with E-state index in [1.807, 2.05) is 0 Å². The second-order valence-corrected chi connectivity index (χ2v) is 16.7. The molecule has 2 atom stereocenters. The Hall–Kier alpha value is -7.56. The van der Waals surface area contributed by atoms with Gasteiger partial charge in [-0.15, -0.1) is 0 Å². The van der Waals surface area contributed by atoms with Crippen molar-refractivity contribution in [1.29, 1.82) is 0 Å². The van der Waals surface area contributed by atoms with Crippen LogP contribution in [-0.4, -0.2) is 6.04 Å². The van der Waals surface area contributed by atoms with Crippen LogP contribution in [0.3, 0.4) is 0 Å². The summed E-state index contributed by atoms with van der Waals surface area (Å²) in [5.41, 5.74) is 11.6. The Morgan fingerprint density at radius 3 is 1.46 bits per heavy atom. The van der Waals surface area contributed by atoms with E-state index in [0.29, 0.717) is 0 Å². The maximum absolute atomic E-state index is 6.37.